The van der Waals surface area contributed by atoms with Gasteiger partial charge in [0.15, 0.2) is 0 Å². The fourth-order valence-electron chi connectivity index (χ4n) is 2.76. The van der Waals surface area contributed by atoms with Gasteiger partial charge in [-0.15, -0.1) is 0 Å². The molecule has 0 heterocycles. The summed E-state index contributed by atoms with van der Waals surface area (Å²) in [6, 6.07) is 0.673. The first-order valence-electron chi connectivity index (χ1n) is 7.30. The lowest BCUT2D eigenvalue weighted by molar-refractivity contribution is 0.303. The van der Waals surface area contributed by atoms with Gasteiger partial charge < -0.3 is 5.32 Å². The third-order valence-electron chi connectivity index (χ3n) is 4.10. The van der Waals surface area contributed by atoms with Crippen molar-refractivity contribution in [2.45, 2.75) is 64.0 Å². The molecule has 0 bridgehead atoms. The monoisotopic (exact) mass is 274 g/mol. The Morgan fingerprint density at radius 1 is 1.11 bits per heavy atom. The lowest BCUT2D eigenvalue weighted by atomic mass is 9.85. The van der Waals surface area contributed by atoms with Crippen molar-refractivity contribution in [2.75, 3.05) is 12.3 Å². The van der Waals surface area contributed by atoms with E-state index in [4.69, 9.17) is 0 Å². The van der Waals surface area contributed by atoms with Gasteiger partial charge in [-0.2, -0.15) is 0 Å². The molecular formula is C13H26N2O2S. The molecule has 0 radical (unpaired) electrons. The maximum Gasteiger partial charge on any atom is 0.213 e. The molecule has 106 valence electrons. The van der Waals surface area contributed by atoms with Gasteiger partial charge in [-0.25, -0.2) is 13.1 Å². The third-order valence-corrected chi connectivity index (χ3v) is 5.58. The summed E-state index contributed by atoms with van der Waals surface area (Å²) >= 11 is 0. The maximum absolute atomic E-state index is 11.9. The highest BCUT2D eigenvalue weighted by Gasteiger charge is 2.25. The van der Waals surface area contributed by atoms with E-state index in [1.165, 1.54) is 44.9 Å². The van der Waals surface area contributed by atoms with Crippen LogP contribution in [0.25, 0.3) is 0 Å². The summed E-state index contributed by atoms with van der Waals surface area (Å²) in [4.78, 5) is 0. The van der Waals surface area contributed by atoms with Gasteiger partial charge in [0.05, 0.1) is 5.75 Å². The topological polar surface area (TPSA) is 58.2 Å². The van der Waals surface area contributed by atoms with Gasteiger partial charge in [0.2, 0.25) is 10.0 Å². The molecule has 18 heavy (non-hydrogen) atoms. The summed E-state index contributed by atoms with van der Waals surface area (Å²) < 4.78 is 26.7. The van der Waals surface area contributed by atoms with E-state index >= 15 is 0 Å². The normalized spacial score (nSPS) is 24.1. The number of rotatable bonds is 7. The molecule has 0 aromatic carbocycles. The molecule has 0 spiro atoms. The van der Waals surface area contributed by atoms with Crippen LogP contribution in [0.2, 0.25) is 0 Å². The van der Waals surface area contributed by atoms with E-state index in [0.717, 1.165) is 0 Å². The summed E-state index contributed by atoms with van der Waals surface area (Å²) in [6.45, 7) is 2.60. The second-order valence-electron chi connectivity index (χ2n) is 5.85. The summed E-state index contributed by atoms with van der Waals surface area (Å²) in [5, 5.41) is 3.25. The zero-order chi connectivity index (χ0) is 13.0. The lowest BCUT2D eigenvalue weighted by Crippen LogP contribution is -2.41. The van der Waals surface area contributed by atoms with E-state index in [9.17, 15) is 8.42 Å². The molecule has 4 nitrogen and oxygen atoms in total. The summed E-state index contributed by atoms with van der Waals surface area (Å²) in [5.74, 6) is 0.741. The van der Waals surface area contributed by atoms with Gasteiger partial charge in [-0.1, -0.05) is 19.3 Å². The summed E-state index contributed by atoms with van der Waals surface area (Å²) in [6.07, 6.45) is 8.55. The minimum absolute atomic E-state index is 0.0937. The Morgan fingerprint density at radius 2 is 1.78 bits per heavy atom. The number of nitrogens with one attached hydrogen (secondary N) is 2. The molecule has 0 saturated heterocycles. The van der Waals surface area contributed by atoms with Crippen LogP contribution in [0, 0.1) is 5.92 Å². The van der Waals surface area contributed by atoms with E-state index in [1.54, 1.807) is 0 Å². The van der Waals surface area contributed by atoms with Crippen LogP contribution in [0.1, 0.15) is 51.9 Å². The zero-order valence-corrected chi connectivity index (χ0v) is 12.1. The number of sulfonamides is 1. The Morgan fingerprint density at radius 3 is 2.39 bits per heavy atom. The number of hydrogen-bond acceptors (Lipinski definition) is 3. The molecule has 0 aromatic rings. The second kappa shape index (κ2) is 6.35. The molecule has 2 aliphatic carbocycles. The highest BCUT2D eigenvalue weighted by molar-refractivity contribution is 7.89. The van der Waals surface area contributed by atoms with Crippen molar-refractivity contribution < 1.29 is 8.42 Å². The summed E-state index contributed by atoms with van der Waals surface area (Å²) in [7, 11) is -3.11. The van der Waals surface area contributed by atoms with Crippen LogP contribution in [-0.2, 0) is 10.0 Å². The quantitative estimate of drug-likeness (QED) is 0.742. The van der Waals surface area contributed by atoms with Gasteiger partial charge >= 0.3 is 0 Å². The lowest BCUT2D eigenvalue weighted by Gasteiger charge is -2.28. The average Bonchev–Trinajstić information content (AvgIpc) is 3.13. The molecule has 0 amide bonds. The molecule has 1 atom stereocenters. The van der Waals surface area contributed by atoms with Crippen molar-refractivity contribution in [3.05, 3.63) is 0 Å². The molecule has 2 aliphatic rings. The van der Waals surface area contributed by atoms with E-state index in [-0.39, 0.29) is 11.8 Å². The van der Waals surface area contributed by atoms with Crippen LogP contribution in [0.15, 0.2) is 0 Å². The van der Waals surface area contributed by atoms with Crippen molar-refractivity contribution in [1.82, 2.24) is 10.0 Å². The standard InChI is InChI=1S/C13H26N2O2S/c1-11(12-5-3-2-4-6-12)15-18(16,17)10-9-14-13-7-8-13/h11-15H,2-10H2,1H3. The zero-order valence-electron chi connectivity index (χ0n) is 11.3. The van der Waals surface area contributed by atoms with Gasteiger partial charge in [-0.3, -0.25) is 0 Å². The van der Waals surface area contributed by atoms with Gasteiger partial charge in [-0.05, 0) is 38.5 Å². The molecule has 2 rings (SSSR count). The third kappa shape index (κ3) is 4.86. The molecular weight excluding hydrogens is 248 g/mol. The minimum Gasteiger partial charge on any atom is -0.313 e. The molecule has 2 N–H and O–H groups in total. The van der Waals surface area contributed by atoms with Gasteiger partial charge in [0, 0.05) is 18.6 Å². The smallest absolute Gasteiger partial charge is 0.213 e. The first-order valence-corrected chi connectivity index (χ1v) is 8.95. The number of hydrogen-bond donors (Lipinski definition) is 2. The van der Waals surface area contributed by atoms with Crippen molar-refractivity contribution in [3.63, 3.8) is 0 Å². The van der Waals surface area contributed by atoms with Crippen LogP contribution in [0.3, 0.4) is 0 Å². The average molecular weight is 274 g/mol. The Kier molecular flexibility index (Phi) is 5.04. The fourth-order valence-corrected chi connectivity index (χ4v) is 4.02. The molecule has 2 fully saturated rings. The molecule has 5 heteroatoms. The first-order chi connectivity index (χ1) is 8.57. The van der Waals surface area contributed by atoms with Crippen LogP contribution < -0.4 is 10.0 Å². The Hall–Kier alpha value is -0.130. The van der Waals surface area contributed by atoms with Crippen LogP contribution in [-0.4, -0.2) is 32.8 Å². The SMILES string of the molecule is CC(NS(=O)(=O)CCNC1CC1)C1CCCCC1. The maximum atomic E-state index is 11.9. The van der Waals surface area contributed by atoms with Crippen LogP contribution in [0.4, 0.5) is 0 Å². The second-order valence-corrected chi connectivity index (χ2v) is 7.73. The predicted molar refractivity (Wildman–Crippen MR) is 74.0 cm³/mol. The van der Waals surface area contributed by atoms with Gasteiger partial charge in [0.25, 0.3) is 0 Å². The van der Waals surface area contributed by atoms with E-state index in [1.807, 2.05) is 6.92 Å². The molecule has 0 aromatic heterocycles. The largest absolute Gasteiger partial charge is 0.313 e. The molecule has 2 saturated carbocycles. The summed E-state index contributed by atoms with van der Waals surface area (Å²) in [5.41, 5.74) is 0. The van der Waals surface area contributed by atoms with E-state index in [2.05, 4.69) is 10.0 Å². The Labute approximate surface area is 111 Å². The van der Waals surface area contributed by atoms with Crippen molar-refractivity contribution in [1.29, 1.82) is 0 Å². The van der Waals surface area contributed by atoms with Gasteiger partial charge in [0.1, 0.15) is 0 Å². The molecule has 1 unspecified atom stereocenters. The highest BCUT2D eigenvalue weighted by Crippen LogP contribution is 2.26. The van der Waals surface area contributed by atoms with Crippen molar-refractivity contribution in [3.8, 4) is 0 Å². The van der Waals surface area contributed by atoms with Crippen LogP contribution >= 0.6 is 0 Å². The molecule has 0 aliphatic heterocycles. The first kappa shape index (κ1) is 14.3. The Balaban J connectivity index is 1.71. The predicted octanol–water partition coefficient (Wildman–Crippen LogP) is 1.63. The Bertz CT molecular complexity index is 346. The highest BCUT2D eigenvalue weighted by atomic mass is 32.2. The van der Waals surface area contributed by atoms with Crippen LogP contribution in [0.5, 0.6) is 0 Å². The van der Waals surface area contributed by atoms with Crippen molar-refractivity contribution >= 4 is 10.0 Å². The van der Waals surface area contributed by atoms with Crippen molar-refractivity contribution in [2.24, 2.45) is 5.92 Å². The fraction of sp³-hybridized carbons (Fsp3) is 1.00. The van der Waals surface area contributed by atoms with E-state index in [0.29, 0.717) is 18.5 Å². The minimum atomic E-state index is -3.11. The van der Waals surface area contributed by atoms with E-state index < -0.39 is 10.0 Å².